The van der Waals surface area contributed by atoms with Crippen molar-refractivity contribution in [3.63, 3.8) is 0 Å². The Kier molecular flexibility index (Phi) is 57.7. The number of aliphatic hydroxyl groups excluding tert-OH is 2. The van der Waals surface area contributed by atoms with E-state index in [0.29, 0.717) is 0 Å². The van der Waals surface area contributed by atoms with Crippen molar-refractivity contribution in [1.29, 1.82) is 0 Å². The predicted molar refractivity (Wildman–Crippen MR) is 54.9 cm³/mol. The summed E-state index contributed by atoms with van der Waals surface area (Å²) >= 11 is 0. The summed E-state index contributed by atoms with van der Waals surface area (Å²) in [6, 6.07) is 0. The van der Waals surface area contributed by atoms with Crippen molar-refractivity contribution >= 4 is 37.4 Å². The molecular formula is C3H19NaO11P. The van der Waals surface area contributed by atoms with Gasteiger partial charge in [0.15, 0.2) is 0 Å². The molecular weight excluding hydrogens is 266 g/mol. The average Bonchev–Trinajstić information content (AvgIpc) is 1.81. The summed E-state index contributed by atoms with van der Waals surface area (Å²) in [5, 5.41) is 16.5. The van der Waals surface area contributed by atoms with E-state index in [1.807, 2.05) is 0 Å². The molecule has 0 heterocycles. The standard InChI is InChI=1S/C3H9O6P.Na.5H2O/c4-1-3(2-5)9-10(6,7)8;;;;;;/h3-5H,1-2H2,(H2,6,7,8);;5*1H2. The van der Waals surface area contributed by atoms with Crippen molar-refractivity contribution in [2.45, 2.75) is 6.10 Å². The van der Waals surface area contributed by atoms with Crippen LogP contribution in [0.4, 0.5) is 0 Å². The van der Waals surface area contributed by atoms with Crippen molar-refractivity contribution < 1.29 is 56.5 Å². The van der Waals surface area contributed by atoms with Gasteiger partial charge >= 0.3 is 7.82 Å². The van der Waals surface area contributed by atoms with Crippen LogP contribution in [0.3, 0.4) is 0 Å². The molecule has 0 spiro atoms. The molecule has 103 valence electrons. The van der Waals surface area contributed by atoms with Gasteiger partial charge in [0.1, 0.15) is 6.10 Å². The smallest absolute Gasteiger partial charge is 0.412 e. The molecule has 14 N–H and O–H groups in total. The largest absolute Gasteiger partial charge is 0.470 e. The Morgan fingerprint density at radius 1 is 0.938 bits per heavy atom. The van der Waals surface area contributed by atoms with Gasteiger partial charge in [-0.2, -0.15) is 0 Å². The fourth-order valence-corrected chi connectivity index (χ4v) is 0.840. The number of aliphatic hydroxyl groups is 2. The van der Waals surface area contributed by atoms with Gasteiger partial charge in [-0.1, -0.05) is 0 Å². The third-order valence-corrected chi connectivity index (χ3v) is 1.27. The van der Waals surface area contributed by atoms with E-state index in [2.05, 4.69) is 4.52 Å². The van der Waals surface area contributed by atoms with Gasteiger partial charge in [-0.05, 0) is 0 Å². The first-order valence-electron chi connectivity index (χ1n) is 2.45. The molecule has 0 amide bonds. The molecule has 0 bridgehead atoms. The summed E-state index contributed by atoms with van der Waals surface area (Å²) in [5.41, 5.74) is 0. The maximum Gasteiger partial charge on any atom is 0.470 e. The van der Waals surface area contributed by atoms with Gasteiger partial charge in [-0.25, -0.2) is 4.57 Å². The number of hydrogen-bond acceptors (Lipinski definition) is 4. The SMILES string of the molecule is O.O.O.O.O.O=P(O)(O)OC(CO)CO.[Na]. The molecule has 0 saturated carbocycles. The second-order valence-corrected chi connectivity index (χ2v) is 2.78. The maximum atomic E-state index is 10.0. The molecule has 13 heteroatoms. The van der Waals surface area contributed by atoms with Gasteiger partial charge in [0.05, 0.1) is 13.2 Å². The van der Waals surface area contributed by atoms with Crippen molar-refractivity contribution in [2.24, 2.45) is 0 Å². The van der Waals surface area contributed by atoms with E-state index >= 15 is 0 Å². The Morgan fingerprint density at radius 3 is 1.25 bits per heavy atom. The first-order valence-corrected chi connectivity index (χ1v) is 3.98. The van der Waals surface area contributed by atoms with Gasteiger partial charge in [0, 0.05) is 29.6 Å². The van der Waals surface area contributed by atoms with Gasteiger partial charge in [0.2, 0.25) is 0 Å². The monoisotopic (exact) mass is 285 g/mol. The van der Waals surface area contributed by atoms with E-state index in [9.17, 15) is 4.57 Å². The average molecular weight is 285 g/mol. The van der Waals surface area contributed by atoms with E-state index in [1.165, 1.54) is 0 Å². The minimum absolute atomic E-state index is 0. The summed E-state index contributed by atoms with van der Waals surface area (Å²) in [5.74, 6) is 0. The number of hydrogen-bond donors (Lipinski definition) is 4. The van der Waals surface area contributed by atoms with Crippen LogP contribution in [0.2, 0.25) is 0 Å². The van der Waals surface area contributed by atoms with Crippen LogP contribution >= 0.6 is 7.82 Å². The second kappa shape index (κ2) is 21.1. The van der Waals surface area contributed by atoms with Crippen LogP contribution in [0.15, 0.2) is 0 Å². The Morgan fingerprint density at radius 2 is 1.19 bits per heavy atom. The summed E-state index contributed by atoms with van der Waals surface area (Å²) in [6.07, 6.45) is -1.21. The molecule has 16 heavy (non-hydrogen) atoms. The molecule has 0 unspecified atom stereocenters. The van der Waals surface area contributed by atoms with Crippen molar-refractivity contribution in [3.05, 3.63) is 0 Å². The fourth-order valence-electron chi connectivity index (χ4n) is 0.319. The molecule has 11 nitrogen and oxygen atoms in total. The van der Waals surface area contributed by atoms with E-state index in [4.69, 9.17) is 20.0 Å². The number of rotatable bonds is 4. The normalized spacial score (nSPS) is 7.81. The third kappa shape index (κ3) is 29.4. The summed E-state index contributed by atoms with van der Waals surface area (Å²) < 4.78 is 13.9. The second-order valence-electron chi connectivity index (χ2n) is 1.58. The molecule has 0 aliphatic carbocycles. The molecule has 1 radical (unpaired) electrons. The van der Waals surface area contributed by atoms with Crippen LogP contribution in [-0.4, -0.2) is 96.3 Å². The molecule has 0 aromatic heterocycles. The summed E-state index contributed by atoms with van der Waals surface area (Å²) in [6.45, 7) is -1.25. The van der Waals surface area contributed by atoms with Gasteiger partial charge < -0.3 is 47.4 Å². The van der Waals surface area contributed by atoms with Crippen molar-refractivity contribution in [3.8, 4) is 0 Å². The zero-order valence-electron chi connectivity index (χ0n) is 8.54. The first-order chi connectivity index (χ1) is 4.49. The third-order valence-electron chi connectivity index (χ3n) is 0.694. The molecule has 0 rings (SSSR count). The molecule has 0 aliphatic heterocycles. The van der Waals surface area contributed by atoms with Crippen molar-refractivity contribution in [1.82, 2.24) is 0 Å². The zero-order chi connectivity index (χ0) is 8.20. The van der Waals surface area contributed by atoms with E-state index in [1.54, 1.807) is 0 Å². The summed E-state index contributed by atoms with van der Waals surface area (Å²) in [7, 11) is -4.57. The van der Waals surface area contributed by atoms with Crippen LogP contribution in [0.5, 0.6) is 0 Å². The van der Waals surface area contributed by atoms with Gasteiger partial charge in [-0.15, -0.1) is 0 Å². The van der Waals surface area contributed by atoms with Crippen LogP contribution < -0.4 is 0 Å². The van der Waals surface area contributed by atoms with Gasteiger partial charge in [0.25, 0.3) is 0 Å². The minimum Gasteiger partial charge on any atom is -0.412 e. The zero-order valence-corrected chi connectivity index (χ0v) is 11.4. The molecule has 0 aromatic rings. The van der Waals surface area contributed by atoms with E-state index in [-0.39, 0.29) is 56.9 Å². The fraction of sp³-hybridized carbons (Fsp3) is 1.00. The molecule has 0 aromatic carbocycles. The summed E-state index contributed by atoms with van der Waals surface area (Å²) in [4.78, 5) is 16.2. The van der Waals surface area contributed by atoms with E-state index in [0.717, 1.165) is 0 Å². The maximum absolute atomic E-state index is 10.0. The van der Waals surface area contributed by atoms with Crippen LogP contribution in [0, 0.1) is 0 Å². The quantitative estimate of drug-likeness (QED) is 0.288. The predicted octanol–water partition coefficient (Wildman–Crippen LogP) is -6.06. The number of phosphoric ester groups is 1. The van der Waals surface area contributed by atoms with Crippen LogP contribution in [0.1, 0.15) is 0 Å². The van der Waals surface area contributed by atoms with Crippen LogP contribution in [-0.2, 0) is 9.09 Å². The van der Waals surface area contributed by atoms with Gasteiger partial charge in [-0.3, -0.25) is 4.52 Å². The molecule has 0 fully saturated rings. The van der Waals surface area contributed by atoms with E-state index < -0.39 is 27.1 Å². The molecule has 0 aliphatic rings. The molecule has 0 saturated heterocycles. The Labute approximate surface area is 113 Å². The minimum atomic E-state index is -4.57. The Hall–Kier alpha value is 0.830. The first kappa shape index (κ1) is 43.6. The topological polar surface area (TPSA) is 265 Å². The Balaban J connectivity index is -0.0000000270. The number of phosphoric acid groups is 1. The Bertz CT molecular complexity index is 133. The van der Waals surface area contributed by atoms with Crippen LogP contribution in [0.25, 0.3) is 0 Å². The van der Waals surface area contributed by atoms with Crippen molar-refractivity contribution in [2.75, 3.05) is 13.2 Å². The molecule has 0 atom stereocenters.